The standard InChI is InChI=1S/C20H29NO3/c1-15-5-4-7-16(10-9-15)20(13-18(22)11-12-21)24-14-17-6-2-3-8-19(17)23/h2-3,6,8,15-16,18,20,22-23H,4-5,7,9-11,13-14H2,1H3/t15?,16?,18?,20-/m0/s1. The summed E-state index contributed by atoms with van der Waals surface area (Å²) in [5.41, 5.74) is 0.763. The first-order valence-corrected chi connectivity index (χ1v) is 9.03. The summed E-state index contributed by atoms with van der Waals surface area (Å²) in [6.45, 7) is 2.63. The number of ether oxygens (including phenoxy) is 1. The number of rotatable bonds is 7. The van der Waals surface area contributed by atoms with Crippen LogP contribution >= 0.6 is 0 Å². The fraction of sp³-hybridized carbons (Fsp3) is 0.650. The molecule has 24 heavy (non-hydrogen) atoms. The minimum absolute atomic E-state index is 0.0711. The SMILES string of the molecule is CC1CCCC([C@H](CC(O)CC#N)OCc2ccccc2O)CC1. The number of aliphatic hydroxyl groups is 1. The van der Waals surface area contributed by atoms with Gasteiger partial charge in [-0.25, -0.2) is 0 Å². The van der Waals surface area contributed by atoms with Crippen LogP contribution in [0.4, 0.5) is 0 Å². The average molecular weight is 331 g/mol. The van der Waals surface area contributed by atoms with Crippen LogP contribution in [0.15, 0.2) is 24.3 Å². The predicted molar refractivity (Wildman–Crippen MR) is 93.3 cm³/mol. The summed E-state index contributed by atoms with van der Waals surface area (Å²) in [6.07, 6.45) is 5.75. The molecular formula is C20H29NO3. The first-order chi connectivity index (χ1) is 11.6. The van der Waals surface area contributed by atoms with Crippen molar-refractivity contribution in [1.29, 1.82) is 5.26 Å². The van der Waals surface area contributed by atoms with Gasteiger partial charge in [0.25, 0.3) is 0 Å². The van der Waals surface area contributed by atoms with Gasteiger partial charge in [0.1, 0.15) is 5.75 Å². The Hall–Kier alpha value is -1.57. The summed E-state index contributed by atoms with van der Waals surface area (Å²) in [6, 6.07) is 9.22. The molecule has 0 aliphatic heterocycles. The molecule has 4 atom stereocenters. The van der Waals surface area contributed by atoms with Crippen molar-refractivity contribution in [1.82, 2.24) is 0 Å². The number of para-hydroxylation sites is 1. The minimum atomic E-state index is -0.648. The molecule has 0 aromatic heterocycles. The number of aliphatic hydroxyl groups excluding tert-OH is 1. The summed E-state index contributed by atoms with van der Waals surface area (Å²) < 4.78 is 6.13. The van der Waals surface area contributed by atoms with Crippen molar-refractivity contribution < 1.29 is 14.9 Å². The van der Waals surface area contributed by atoms with E-state index in [0.717, 1.165) is 24.3 Å². The second kappa shape index (κ2) is 9.66. The highest BCUT2D eigenvalue weighted by molar-refractivity contribution is 5.30. The third kappa shape index (κ3) is 5.81. The van der Waals surface area contributed by atoms with Crippen molar-refractivity contribution in [3.05, 3.63) is 29.8 Å². The summed E-state index contributed by atoms with van der Waals surface area (Å²) in [5.74, 6) is 1.40. The molecule has 1 fully saturated rings. The molecule has 2 N–H and O–H groups in total. The fourth-order valence-corrected chi connectivity index (χ4v) is 3.57. The molecular weight excluding hydrogens is 302 g/mol. The van der Waals surface area contributed by atoms with Gasteiger partial charge >= 0.3 is 0 Å². The number of hydrogen-bond acceptors (Lipinski definition) is 4. The van der Waals surface area contributed by atoms with Crippen LogP contribution in [-0.2, 0) is 11.3 Å². The molecule has 1 aliphatic rings. The molecule has 0 spiro atoms. The maximum absolute atomic E-state index is 10.1. The molecule has 0 amide bonds. The molecule has 1 saturated carbocycles. The molecule has 1 aliphatic carbocycles. The number of hydrogen-bond donors (Lipinski definition) is 2. The summed E-state index contributed by atoms with van der Waals surface area (Å²) in [5, 5.41) is 28.8. The van der Waals surface area contributed by atoms with E-state index in [-0.39, 0.29) is 18.3 Å². The van der Waals surface area contributed by atoms with Gasteiger partial charge in [-0.2, -0.15) is 5.26 Å². The second-order valence-electron chi connectivity index (χ2n) is 7.10. The highest BCUT2D eigenvalue weighted by Crippen LogP contribution is 2.33. The van der Waals surface area contributed by atoms with Crippen LogP contribution in [0.1, 0.15) is 57.4 Å². The van der Waals surface area contributed by atoms with Crippen molar-refractivity contribution in [2.75, 3.05) is 0 Å². The van der Waals surface area contributed by atoms with Crippen molar-refractivity contribution in [2.45, 2.75) is 70.7 Å². The second-order valence-corrected chi connectivity index (χ2v) is 7.10. The smallest absolute Gasteiger partial charge is 0.121 e. The number of nitrogens with zero attached hydrogens (tertiary/aromatic N) is 1. The lowest BCUT2D eigenvalue weighted by Crippen LogP contribution is -2.28. The third-order valence-electron chi connectivity index (χ3n) is 5.10. The average Bonchev–Trinajstić information content (AvgIpc) is 2.78. The van der Waals surface area contributed by atoms with E-state index in [1.165, 1.54) is 19.3 Å². The molecule has 0 radical (unpaired) electrons. The Labute approximate surface area is 145 Å². The summed E-state index contributed by atoms with van der Waals surface area (Å²) in [7, 11) is 0. The normalized spacial score (nSPS) is 23.9. The highest BCUT2D eigenvalue weighted by atomic mass is 16.5. The first kappa shape index (κ1) is 18.8. The number of nitriles is 1. The van der Waals surface area contributed by atoms with Crippen LogP contribution in [0, 0.1) is 23.2 Å². The van der Waals surface area contributed by atoms with Crippen LogP contribution in [-0.4, -0.2) is 22.4 Å². The van der Waals surface area contributed by atoms with Gasteiger partial charge in [-0.05, 0) is 30.7 Å². The molecule has 2 rings (SSSR count). The molecule has 1 aromatic carbocycles. The molecule has 4 heteroatoms. The lowest BCUT2D eigenvalue weighted by molar-refractivity contribution is -0.0332. The van der Waals surface area contributed by atoms with Gasteiger partial charge in [0.05, 0.1) is 31.3 Å². The quantitative estimate of drug-likeness (QED) is 0.736. The van der Waals surface area contributed by atoms with Gasteiger partial charge in [-0.1, -0.05) is 44.4 Å². The Bertz CT molecular complexity index is 540. The first-order valence-electron chi connectivity index (χ1n) is 9.03. The van der Waals surface area contributed by atoms with Gasteiger partial charge in [0, 0.05) is 12.0 Å². The van der Waals surface area contributed by atoms with Crippen LogP contribution < -0.4 is 0 Å². The van der Waals surface area contributed by atoms with E-state index >= 15 is 0 Å². The topological polar surface area (TPSA) is 73.5 Å². The molecule has 0 heterocycles. The number of phenolic OH excluding ortho intramolecular Hbond substituents is 1. The number of phenols is 1. The zero-order valence-electron chi connectivity index (χ0n) is 14.5. The molecule has 1 aromatic rings. The van der Waals surface area contributed by atoms with Crippen LogP contribution in [0.5, 0.6) is 5.75 Å². The van der Waals surface area contributed by atoms with E-state index in [1.807, 2.05) is 18.2 Å². The third-order valence-corrected chi connectivity index (χ3v) is 5.10. The van der Waals surface area contributed by atoms with Gasteiger partial charge in [-0.3, -0.25) is 0 Å². The monoisotopic (exact) mass is 331 g/mol. The highest BCUT2D eigenvalue weighted by Gasteiger charge is 2.27. The zero-order valence-corrected chi connectivity index (χ0v) is 14.5. The lowest BCUT2D eigenvalue weighted by atomic mass is 9.89. The van der Waals surface area contributed by atoms with E-state index in [2.05, 4.69) is 6.92 Å². The molecule has 0 bridgehead atoms. The van der Waals surface area contributed by atoms with E-state index in [4.69, 9.17) is 10.00 Å². The van der Waals surface area contributed by atoms with Gasteiger partial charge in [0.2, 0.25) is 0 Å². The van der Waals surface area contributed by atoms with Gasteiger partial charge < -0.3 is 14.9 Å². The van der Waals surface area contributed by atoms with Crippen LogP contribution in [0.25, 0.3) is 0 Å². The van der Waals surface area contributed by atoms with Gasteiger partial charge in [0.15, 0.2) is 0 Å². The lowest BCUT2D eigenvalue weighted by Gasteiger charge is -2.28. The maximum Gasteiger partial charge on any atom is 0.121 e. The van der Waals surface area contributed by atoms with Crippen molar-refractivity contribution in [3.63, 3.8) is 0 Å². The van der Waals surface area contributed by atoms with Crippen LogP contribution in [0.3, 0.4) is 0 Å². The van der Waals surface area contributed by atoms with E-state index in [1.54, 1.807) is 12.1 Å². The number of aromatic hydroxyl groups is 1. The van der Waals surface area contributed by atoms with Crippen molar-refractivity contribution in [3.8, 4) is 11.8 Å². The number of benzene rings is 1. The Kier molecular flexibility index (Phi) is 7.55. The Morgan fingerprint density at radius 3 is 2.79 bits per heavy atom. The van der Waals surface area contributed by atoms with Crippen molar-refractivity contribution >= 4 is 0 Å². The maximum atomic E-state index is 10.1. The van der Waals surface area contributed by atoms with E-state index in [9.17, 15) is 10.2 Å². The molecule has 0 saturated heterocycles. The largest absolute Gasteiger partial charge is 0.508 e. The zero-order chi connectivity index (χ0) is 17.4. The predicted octanol–water partition coefficient (Wildman–Crippen LogP) is 4.16. The summed E-state index contributed by atoms with van der Waals surface area (Å²) >= 11 is 0. The Balaban J connectivity index is 2.01. The fourth-order valence-electron chi connectivity index (χ4n) is 3.57. The minimum Gasteiger partial charge on any atom is -0.508 e. The Morgan fingerprint density at radius 1 is 1.25 bits per heavy atom. The summed E-state index contributed by atoms with van der Waals surface area (Å²) in [4.78, 5) is 0. The Morgan fingerprint density at radius 2 is 2.04 bits per heavy atom. The van der Waals surface area contributed by atoms with Crippen molar-refractivity contribution in [2.24, 2.45) is 11.8 Å². The molecule has 4 nitrogen and oxygen atoms in total. The van der Waals surface area contributed by atoms with E-state index in [0.29, 0.717) is 18.9 Å². The molecule has 132 valence electrons. The van der Waals surface area contributed by atoms with E-state index < -0.39 is 6.10 Å². The van der Waals surface area contributed by atoms with Gasteiger partial charge in [-0.15, -0.1) is 0 Å². The van der Waals surface area contributed by atoms with Crippen LogP contribution in [0.2, 0.25) is 0 Å². The molecule has 3 unspecified atom stereocenters.